The number of halogens is 3. The van der Waals surface area contributed by atoms with E-state index in [0.717, 1.165) is 11.0 Å². The maximum Gasteiger partial charge on any atom is 0.406 e. The van der Waals surface area contributed by atoms with Crippen LogP contribution in [0.15, 0.2) is 12.2 Å². The normalized spacial score (nSPS) is 12.5. The van der Waals surface area contributed by atoms with Gasteiger partial charge in [-0.3, -0.25) is 4.79 Å². The number of carbonyl (C=O) groups is 1. The van der Waals surface area contributed by atoms with Gasteiger partial charge in [0.15, 0.2) is 0 Å². The summed E-state index contributed by atoms with van der Waals surface area (Å²) in [7, 11) is 0. The summed E-state index contributed by atoms with van der Waals surface area (Å²) in [4.78, 5) is 12.0. The lowest BCUT2D eigenvalue weighted by Gasteiger charge is -2.26. The Morgan fingerprint density at radius 1 is 1.43 bits per heavy atom. The van der Waals surface area contributed by atoms with E-state index in [9.17, 15) is 18.0 Å². The molecule has 5 heteroatoms. The standard InChI is InChI=1S/C9H14F3NO/c1-4-5-8(14)13(7(2)3)6-9(10,11)12/h4-5,7H,6H2,1-3H3. The molecule has 0 fully saturated rings. The number of nitrogens with zero attached hydrogens (tertiary/aromatic N) is 1. The van der Waals surface area contributed by atoms with Gasteiger partial charge < -0.3 is 4.90 Å². The quantitative estimate of drug-likeness (QED) is 0.653. The van der Waals surface area contributed by atoms with E-state index in [1.54, 1.807) is 20.8 Å². The minimum Gasteiger partial charge on any atom is -0.328 e. The van der Waals surface area contributed by atoms with Gasteiger partial charge in [-0.25, -0.2) is 0 Å². The highest BCUT2D eigenvalue weighted by molar-refractivity contribution is 5.87. The number of hydrogen-bond acceptors (Lipinski definition) is 1. The van der Waals surface area contributed by atoms with Crippen molar-refractivity contribution in [3.8, 4) is 0 Å². The molecule has 2 nitrogen and oxygen atoms in total. The van der Waals surface area contributed by atoms with Crippen molar-refractivity contribution in [2.45, 2.75) is 33.0 Å². The molecule has 0 rings (SSSR count). The van der Waals surface area contributed by atoms with Crippen LogP contribution in [-0.4, -0.2) is 29.6 Å². The number of carbonyl (C=O) groups excluding carboxylic acids is 1. The molecule has 0 aliphatic heterocycles. The van der Waals surface area contributed by atoms with Gasteiger partial charge in [0.2, 0.25) is 5.91 Å². The molecule has 0 aromatic rings. The van der Waals surface area contributed by atoms with Crippen molar-refractivity contribution < 1.29 is 18.0 Å². The lowest BCUT2D eigenvalue weighted by atomic mass is 10.3. The number of amides is 1. The van der Waals surface area contributed by atoms with Crippen LogP contribution < -0.4 is 0 Å². The maximum atomic E-state index is 12.0. The Balaban J connectivity index is 4.53. The van der Waals surface area contributed by atoms with E-state index in [1.165, 1.54) is 6.08 Å². The van der Waals surface area contributed by atoms with Gasteiger partial charge in [0.05, 0.1) is 0 Å². The Hall–Kier alpha value is -1.00. The molecule has 0 radical (unpaired) electrons. The minimum atomic E-state index is -4.35. The Bertz CT molecular complexity index is 221. The van der Waals surface area contributed by atoms with E-state index in [4.69, 9.17) is 0 Å². The highest BCUT2D eigenvalue weighted by Crippen LogP contribution is 2.18. The highest BCUT2D eigenvalue weighted by atomic mass is 19.4. The molecule has 0 aliphatic carbocycles. The molecular formula is C9H14F3NO. The third-order valence-corrected chi connectivity index (χ3v) is 1.57. The third kappa shape index (κ3) is 4.89. The molecule has 0 atom stereocenters. The van der Waals surface area contributed by atoms with Gasteiger partial charge in [0.1, 0.15) is 6.54 Å². The van der Waals surface area contributed by atoms with Gasteiger partial charge in [-0.2, -0.15) is 13.2 Å². The fraction of sp³-hybridized carbons (Fsp3) is 0.667. The monoisotopic (exact) mass is 209 g/mol. The topological polar surface area (TPSA) is 20.3 Å². The van der Waals surface area contributed by atoms with Crippen LogP contribution in [0.5, 0.6) is 0 Å². The van der Waals surface area contributed by atoms with E-state index in [2.05, 4.69) is 0 Å². The smallest absolute Gasteiger partial charge is 0.328 e. The van der Waals surface area contributed by atoms with E-state index in [-0.39, 0.29) is 0 Å². The average Bonchev–Trinajstić information content (AvgIpc) is 1.98. The van der Waals surface area contributed by atoms with Crippen LogP contribution in [0, 0.1) is 0 Å². The molecule has 82 valence electrons. The van der Waals surface area contributed by atoms with Crippen LogP contribution in [0.2, 0.25) is 0 Å². The molecule has 0 N–H and O–H groups in total. The van der Waals surface area contributed by atoms with Gasteiger partial charge in [0.25, 0.3) is 0 Å². The Morgan fingerprint density at radius 2 is 1.93 bits per heavy atom. The van der Waals surface area contributed by atoms with Crippen LogP contribution in [0.1, 0.15) is 20.8 Å². The molecule has 1 amide bonds. The molecular weight excluding hydrogens is 195 g/mol. The molecule has 0 heterocycles. The summed E-state index contributed by atoms with van der Waals surface area (Å²) in [6.45, 7) is 3.48. The zero-order valence-corrected chi connectivity index (χ0v) is 8.43. The summed E-state index contributed by atoms with van der Waals surface area (Å²) in [5.74, 6) is -0.611. The molecule has 0 aromatic carbocycles. The van der Waals surface area contributed by atoms with Gasteiger partial charge in [-0.05, 0) is 26.8 Å². The van der Waals surface area contributed by atoms with E-state index < -0.39 is 24.7 Å². The fourth-order valence-corrected chi connectivity index (χ4v) is 0.946. The first-order chi connectivity index (χ1) is 6.28. The van der Waals surface area contributed by atoms with Crippen LogP contribution in [0.4, 0.5) is 13.2 Å². The number of rotatable bonds is 3. The summed E-state index contributed by atoms with van der Waals surface area (Å²) < 4.78 is 36.1. The zero-order chi connectivity index (χ0) is 11.4. The van der Waals surface area contributed by atoms with Gasteiger partial charge >= 0.3 is 6.18 Å². The van der Waals surface area contributed by atoms with Crippen molar-refractivity contribution in [2.75, 3.05) is 6.54 Å². The minimum absolute atomic E-state index is 0.458. The lowest BCUT2D eigenvalue weighted by molar-refractivity contribution is -0.161. The van der Waals surface area contributed by atoms with E-state index in [0.29, 0.717) is 0 Å². The third-order valence-electron chi connectivity index (χ3n) is 1.57. The largest absolute Gasteiger partial charge is 0.406 e. The Morgan fingerprint density at radius 3 is 2.21 bits per heavy atom. The summed E-state index contributed by atoms with van der Waals surface area (Å²) >= 11 is 0. The Kier molecular flexibility index (Phi) is 4.67. The highest BCUT2D eigenvalue weighted by Gasteiger charge is 2.33. The number of alkyl halides is 3. The van der Waals surface area contributed by atoms with Crippen molar-refractivity contribution in [1.29, 1.82) is 0 Å². The summed E-state index contributed by atoms with van der Waals surface area (Å²) in [6, 6.07) is -0.458. The first kappa shape index (κ1) is 13.0. The predicted octanol–water partition coefficient (Wildman–Crippen LogP) is 2.36. The average molecular weight is 209 g/mol. The second-order valence-electron chi connectivity index (χ2n) is 3.18. The first-order valence-corrected chi connectivity index (χ1v) is 4.28. The molecule has 0 aliphatic rings. The molecule has 0 unspecified atom stereocenters. The predicted molar refractivity (Wildman–Crippen MR) is 47.7 cm³/mol. The first-order valence-electron chi connectivity index (χ1n) is 4.28. The van der Waals surface area contributed by atoms with Crippen molar-refractivity contribution in [3.63, 3.8) is 0 Å². The molecule has 0 saturated heterocycles. The molecule has 14 heavy (non-hydrogen) atoms. The second-order valence-corrected chi connectivity index (χ2v) is 3.18. The number of hydrogen-bond donors (Lipinski definition) is 0. The molecule has 0 spiro atoms. The molecule has 0 saturated carbocycles. The summed E-state index contributed by atoms with van der Waals surface area (Å²) in [5.41, 5.74) is 0. The van der Waals surface area contributed by atoms with Crippen LogP contribution in [0.25, 0.3) is 0 Å². The zero-order valence-electron chi connectivity index (χ0n) is 8.43. The van der Waals surface area contributed by atoms with Gasteiger partial charge in [-0.15, -0.1) is 0 Å². The van der Waals surface area contributed by atoms with Crippen molar-refractivity contribution in [2.24, 2.45) is 0 Å². The van der Waals surface area contributed by atoms with E-state index in [1.807, 2.05) is 0 Å². The van der Waals surface area contributed by atoms with E-state index >= 15 is 0 Å². The van der Waals surface area contributed by atoms with Crippen LogP contribution >= 0.6 is 0 Å². The van der Waals surface area contributed by atoms with Crippen molar-refractivity contribution in [3.05, 3.63) is 12.2 Å². The maximum absolute atomic E-state index is 12.0. The summed E-state index contributed by atoms with van der Waals surface area (Å²) in [6.07, 6.45) is -1.79. The van der Waals surface area contributed by atoms with Gasteiger partial charge in [-0.1, -0.05) is 6.08 Å². The molecule has 0 bridgehead atoms. The van der Waals surface area contributed by atoms with Crippen LogP contribution in [0.3, 0.4) is 0 Å². The second kappa shape index (κ2) is 5.02. The SMILES string of the molecule is CC=CC(=O)N(CC(F)(F)F)C(C)C. The lowest BCUT2D eigenvalue weighted by Crippen LogP contribution is -2.42. The van der Waals surface area contributed by atoms with Crippen LogP contribution in [-0.2, 0) is 4.79 Å². The number of allylic oxidation sites excluding steroid dienone is 1. The fourth-order valence-electron chi connectivity index (χ4n) is 0.946. The Labute approximate surface area is 81.4 Å². The summed E-state index contributed by atoms with van der Waals surface area (Å²) in [5, 5.41) is 0. The molecule has 0 aromatic heterocycles. The van der Waals surface area contributed by atoms with Crippen molar-refractivity contribution in [1.82, 2.24) is 4.90 Å². The van der Waals surface area contributed by atoms with Gasteiger partial charge in [0, 0.05) is 6.04 Å². The van der Waals surface area contributed by atoms with Crippen molar-refractivity contribution >= 4 is 5.91 Å².